The van der Waals surface area contributed by atoms with Crippen molar-refractivity contribution in [2.45, 2.75) is 38.3 Å². The van der Waals surface area contributed by atoms with Crippen LogP contribution >= 0.6 is 0 Å². The van der Waals surface area contributed by atoms with Gasteiger partial charge in [0.25, 0.3) is 0 Å². The van der Waals surface area contributed by atoms with Crippen molar-refractivity contribution in [3.8, 4) is 0 Å². The number of halogens is 3. The summed E-state index contributed by atoms with van der Waals surface area (Å²) in [5, 5.41) is 1.70. The van der Waals surface area contributed by atoms with Crippen molar-refractivity contribution in [3.63, 3.8) is 0 Å². The lowest BCUT2D eigenvalue weighted by atomic mass is 9.93. The molecule has 0 saturated carbocycles. The average molecular weight is 312 g/mol. The summed E-state index contributed by atoms with van der Waals surface area (Å²) in [5.41, 5.74) is -2.13. The third-order valence-corrected chi connectivity index (χ3v) is 4.37. The molecule has 0 heterocycles. The SMILES string of the molecule is C[C@](O[Si](C)(C)C)(c1ccc2ccccc2c1)C(F)(F)F. The average Bonchev–Trinajstić information content (AvgIpc) is 2.34. The van der Waals surface area contributed by atoms with E-state index in [2.05, 4.69) is 0 Å². The fourth-order valence-electron chi connectivity index (χ4n) is 2.38. The van der Waals surface area contributed by atoms with Gasteiger partial charge in [-0.05, 0) is 49.0 Å². The third kappa shape index (κ3) is 3.30. The number of benzene rings is 2. The topological polar surface area (TPSA) is 9.23 Å². The van der Waals surface area contributed by atoms with Gasteiger partial charge in [-0.15, -0.1) is 0 Å². The first-order valence-corrected chi connectivity index (χ1v) is 10.2. The Bertz CT molecular complexity index is 646. The van der Waals surface area contributed by atoms with E-state index in [1.807, 2.05) is 24.3 Å². The molecular formula is C16H19F3OSi. The molecule has 0 aliphatic carbocycles. The van der Waals surface area contributed by atoms with Gasteiger partial charge in [-0.2, -0.15) is 13.2 Å². The molecule has 1 atom stereocenters. The van der Waals surface area contributed by atoms with Gasteiger partial charge in [0.15, 0.2) is 13.9 Å². The minimum Gasteiger partial charge on any atom is -0.401 e. The van der Waals surface area contributed by atoms with E-state index in [0.717, 1.165) is 17.7 Å². The van der Waals surface area contributed by atoms with Crippen molar-refractivity contribution in [3.05, 3.63) is 48.0 Å². The highest BCUT2D eigenvalue weighted by molar-refractivity contribution is 6.69. The van der Waals surface area contributed by atoms with E-state index in [-0.39, 0.29) is 5.56 Å². The summed E-state index contributed by atoms with van der Waals surface area (Å²) >= 11 is 0. The van der Waals surface area contributed by atoms with Crippen LogP contribution in [-0.2, 0) is 10.0 Å². The predicted molar refractivity (Wildman–Crippen MR) is 81.8 cm³/mol. The first-order chi connectivity index (χ1) is 9.53. The predicted octanol–water partition coefficient (Wildman–Crippen LogP) is 5.47. The maximum absolute atomic E-state index is 13.6. The van der Waals surface area contributed by atoms with E-state index >= 15 is 0 Å². The van der Waals surface area contributed by atoms with E-state index in [9.17, 15) is 13.2 Å². The van der Waals surface area contributed by atoms with Gasteiger partial charge in [-0.25, -0.2) is 0 Å². The number of hydrogen-bond acceptors (Lipinski definition) is 1. The second-order valence-corrected chi connectivity index (χ2v) is 10.7. The standard InChI is InChI=1S/C16H19F3OSi/c1-15(16(17,18)19,20-21(2,3)4)14-10-9-12-7-5-6-8-13(12)11-14/h5-11H,1-4H3/t15-/m0/s1. The Morgan fingerprint density at radius 3 is 2.00 bits per heavy atom. The molecule has 0 spiro atoms. The van der Waals surface area contributed by atoms with E-state index in [1.165, 1.54) is 6.07 Å². The van der Waals surface area contributed by atoms with Crippen LogP contribution in [0.4, 0.5) is 13.2 Å². The summed E-state index contributed by atoms with van der Waals surface area (Å²) in [6, 6.07) is 12.2. The number of rotatable bonds is 3. The lowest BCUT2D eigenvalue weighted by Gasteiger charge is -2.38. The number of fused-ring (bicyclic) bond motifs is 1. The lowest BCUT2D eigenvalue weighted by Crippen LogP contribution is -2.48. The van der Waals surface area contributed by atoms with Crippen molar-refractivity contribution >= 4 is 19.1 Å². The van der Waals surface area contributed by atoms with Crippen molar-refractivity contribution in [1.29, 1.82) is 0 Å². The molecule has 2 rings (SSSR count). The molecule has 0 radical (unpaired) electrons. The Kier molecular flexibility index (Phi) is 3.93. The second-order valence-electron chi connectivity index (χ2n) is 6.31. The maximum Gasteiger partial charge on any atom is 0.420 e. The van der Waals surface area contributed by atoms with Crippen LogP contribution in [-0.4, -0.2) is 14.5 Å². The molecule has 2 aromatic rings. The van der Waals surface area contributed by atoms with Crippen molar-refractivity contribution < 1.29 is 17.6 Å². The van der Waals surface area contributed by atoms with Crippen LogP contribution in [0.2, 0.25) is 19.6 Å². The summed E-state index contributed by atoms with van der Waals surface area (Å²) in [7, 11) is -2.37. The monoisotopic (exact) mass is 312 g/mol. The molecule has 114 valence electrons. The van der Waals surface area contributed by atoms with Crippen LogP contribution in [0, 0.1) is 0 Å². The Morgan fingerprint density at radius 1 is 0.905 bits per heavy atom. The van der Waals surface area contributed by atoms with E-state index in [0.29, 0.717) is 0 Å². The van der Waals surface area contributed by atoms with Gasteiger partial charge in [-0.1, -0.05) is 36.4 Å². The summed E-state index contributed by atoms with van der Waals surface area (Å²) in [6.45, 7) is 6.41. The fourth-order valence-corrected chi connectivity index (χ4v) is 3.84. The molecule has 0 bridgehead atoms. The molecule has 0 aliphatic heterocycles. The molecule has 1 nitrogen and oxygen atoms in total. The largest absolute Gasteiger partial charge is 0.420 e. The smallest absolute Gasteiger partial charge is 0.401 e. The minimum atomic E-state index is -4.46. The zero-order valence-corrected chi connectivity index (χ0v) is 13.6. The molecule has 0 fully saturated rings. The summed E-state index contributed by atoms with van der Waals surface area (Å²) < 4.78 is 46.4. The highest BCUT2D eigenvalue weighted by atomic mass is 28.4. The van der Waals surface area contributed by atoms with Crippen LogP contribution < -0.4 is 0 Å². The van der Waals surface area contributed by atoms with Crippen LogP contribution in [0.1, 0.15) is 12.5 Å². The van der Waals surface area contributed by atoms with Gasteiger partial charge < -0.3 is 4.43 Å². The van der Waals surface area contributed by atoms with Gasteiger partial charge in [-0.3, -0.25) is 0 Å². The fraction of sp³-hybridized carbons (Fsp3) is 0.375. The Balaban J connectivity index is 2.58. The Labute approximate surface area is 123 Å². The van der Waals surface area contributed by atoms with Gasteiger partial charge in [0.2, 0.25) is 0 Å². The van der Waals surface area contributed by atoms with Crippen molar-refractivity contribution in [1.82, 2.24) is 0 Å². The van der Waals surface area contributed by atoms with Crippen LogP contribution in [0.5, 0.6) is 0 Å². The molecule has 21 heavy (non-hydrogen) atoms. The molecule has 5 heteroatoms. The van der Waals surface area contributed by atoms with E-state index < -0.39 is 20.1 Å². The highest BCUT2D eigenvalue weighted by Crippen LogP contribution is 2.44. The first-order valence-electron chi connectivity index (χ1n) is 6.79. The van der Waals surface area contributed by atoms with E-state index in [1.54, 1.807) is 31.8 Å². The zero-order chi connectivity index (χ0) is 15.9. The van der Waals surface area contributed by atoms with Gasteiger partial charge in [0, 0.05) is 0 Å². The molecule has 0 saturated heterocycles. The normalized spacial score (nSPS) is 16.0. The summed E-state index contributed by atoms with van der Waals surface area (Å²) in [6.07, 6.45) is -4.46. The quantitative estimate of drug-likeness (QED) is 0.683. The summed E-state index contributed by atoms with van der Waals surface area (Å²) in [4.78, 5) is 0. The van der Waals surface area contributed by atoms with Gasteiger partial charge >= 0.3 is 6.18 Å². The molecule has 2 aromatic carbocycles. The number of hydrogen-bond donors (Lipinski definition) is 0. The second kappa shape index (κ2) is 5.14. The minimum absolute atomic E-state index is 0.149. The number of alkyl halides is 3. The molecular weight excluding hydrogens is 293 g/mol. The van der Waals surface area contributed by atoms with Crippen molar-refractivity contribution in [2.24, 2.45) is 0 Å². The third-order valence-electron chi connectivity index (χ3n) is 3.35. The lowest BCUT2D eigenvalue weighted by molar-refractivity contribution is -0.250. The molecule has 0 aliphatic rings. The Morgan fingerprint density at radius 2 is 1.48 bits per heavy atom. The molecule has 0 N–H and O–H groups in total. The van der Waals surface area contributed by atoms with Gasteiger partial charge in [0.1, 0.15) is 0 Å². The highest BCUT2D eigenvalue weighted by Gasteiger charge is 2.55. The summed E-state index contributed by atoms with van der Waals surface area (Å²) in [5.74, 6) is 0. The van der Waals surface area contributed by atoms with Gasteiger partial charge in [0.05, 0.1) is 0 Å². The van der Waals surface area contributed by atoms with E-state index in [4.69, 9.17) is 4.43 Å². The molecule has 0 unspecified atom stereocenters. The van der Waals surface area contributed by atoms with Crippen molar-refractivity contribution in [2.75, 3.05) is 0 Å². The maximum atomic E-state index is 13.6. The Hall–Kier alpha value is -1.33. The zero-order valence-electron chi connectivity index (χ0n) is 12.6. The molecule has 0 aromatic heterocycles. The van der Waals surface area contributed by atoms with Crippen LogP contribution in [0.15, 0.2) is 42.5 Å². The first kappa shape index (κ1) is 16.0. The molecule has 0 amide bonds. The van der Waals surface area contributed by atoms with Crippen LogP contribution in [0.3, 0.4) is 0 Å². The van der Waals surface area contributed by atoms with Crippen LogP contribution in [0.25, 0.3) is 10.8 Å².